The molecule has 2 aromatic rings. The highest BCUT2D eigenvalue weighted by Crippen LogP contribution is 2.17. The van der Waals surface area contributed by atoms with Gasteiger partial charge in [-0.3, -0.25) is 4.79 Å². The van der Waals surface area contributed by atoms with Crippen LogP contribution in [0.1, 0.15) is 33.9 Å². The Morgan fingerprint density at radius 2 is 2.15 bits per heavy atom. The van der Waals surface area contributed by atoms with Crippen LogP contribution in [0.2, 0.25) is 0 Å². The fourth-order valence-electron chi connectivity index (χ4n) is 1.81. The number of thiophene rings is 1. The van der Waals surface area contributed by atoms with Crippen molar-refractivity contribution < 1.29 is 19.8 Å². The molecule has 0 saturated carbocycles. The normalized spacial score (nSPS) is 10.6. The maximum atomic E-state index is 11.1. The average Bonchev–Trinajstić information content (AvgIpc) is 3.00. The molecule has 0 atom stereocenters. The summed E-state index contributed by atoms with van der Waals surface area (Å²) in [6.07, 6.45) is 0.829. The van der Waals surface area contributed by atoms with Crippen LogP contribution in [0, 0.1) is 0 Å². The smallest absolute Gasteiger partial charge is 0.358 e. The van der Waals surface area contributed by atoms with Gasteiger partial charge in [0.15, 0.2) is 5.69 Å². The van der Waals surface area contributed by atoms with Crippen molar-refractivity contribution in [3.05, 3.63) is 33.8 Å². The van der Waals surface area contributed by atoms with Gasteiger partial charge in [0.1, 0.15) is 0 Å². The molecule has 0 unspecified atom stereocenters. The Hall–Kier alpha value is -2.22. The van der Waals surface area contributed by atoms with Crippen LogP contribution in [-0.2, 0) is 17.8 Å². The summed E-state index contributed by atoms with van der Waals surface area (Å²) in [4.78, 5) is 22.7. The molecule has 2 aromatic heterocycles. The van der Waals surface area contributed by atoms with Crippen LogP contribution >= 0.6 is 11.3 Å². The maximum absolute atomic E-state index is 11.1. The molecule has 0 aromatic carbocycles. The molecule has 2 heterocycles. The van der Waals surface area contributed by atoms with Gasteiger partial charge >= 0.3 is 11.9 Å². The van der Waals surface area contributed by atoms with Crippen LogP contribution < -0.4 is 0 Å². The van der Waals surface area contributed by atoms with Gasteiger partial charge in [0.25, 0.3) is 0 Å². The predicted octanol–water partition coefficient (Wildman–Crippen LogP) is 1.49. The number of carbonyl (C=O) groups is 2. The third-order valence-corrected chi connectivity index (χ3v) is 3.60. The summed E-state index contributed by atoms with van der Waals surface area (Å²) < 4.78 is 1.48. The summed E-state index contributed by atoms with van der Waals surface area (Å²) in [6, 6.07) is 3.80. The van der Waals surface area contributed by atoms with E-state index >= 15 is 0 Å². The van der Waals surface area contributed by atoms with Crippen molar-refractivity contribution in [3.8, 4) is 0 Å². The number of hydrogen-bond donors (Lipinski definition) is 2. The fraction of sp³-hybridized carbons (Fsp3) is 0.333. The topological polar surface area (TPSA) is 105 Å². The molecule has 7 nitrogen and oxygen atoms in total. The van der Waals surface area contributed by atoms with E-state index in [0.717, 1.165) is 4.88 Å². The summed E-state index contributed by atoms with van der Waals surface area (Å²) in [5, 5.41) is 27.1. The Kier molecular flexibility index (Phi) is 4.46. The van der Waals surface area contributed by atoms with Crippen LogP contribution in [0.4, 0.5) is 0 Å². The van der Waals surface area contributed by atoms with Gasteiger partial charge in [0, 0.05) is 24.3 Å². The molecule has 0 saturated heterocycles. The summed E-state index contributed by atoms with van der Waals surface area (Å²) in [5.41, 5.74) is 0.430. The number of nitrogens with zero attached hydrogens (tertiary/aromatic N) is 3. The lowest BCUT2D eigenvalue weighted by Crippen LogP contribution is -2.10. The molecule has 0 aliphatic rings. The summed E-state index contributed by atoms with van der Waals surface area (Å²) >= 11 is 1.52. The van der Waals surface area contributed by atoms with Gasteiger partial charge in [-0.1, -0.05) is 11.3 Å². The molecule has 0 aliphatic heterocycles. The van der Waals surface area contributed by atoms with Crippen LogP contribution in [0.15, 0.2) is 17.5 Å². The van der Waals surface area contributed by atoms with E-state index in [1.807, 2.05) is 17.5 Å². The van der Waals surface area contributed by atoms with Crippen molar-refractivity contribution in [2.45, 2.75) is 25.8 Å². The third kappa shape index (κ3) is 3.41. The van der Waals surface area contributed by atoms with Crippen LogP contribution in [0.25, 0.3) is 0 Å². The van der Waals surface area contributed by atoms with Gasteiger partial charge in [-0.15, -0.1) is 16.4 Å². The highest BCUT2D eigenvalue weighted by atomic mass is 32.1. The van der Waals surface area contributed by atoms with Crippen molar-refractivity contribution in [3.63, 3.8) is 0 Å². The summed E-state index contributed by atoms with van der Waals surface area (Å²) in [7, 11) is 0. The van der Waals surface area contributed by atoms with E-state index in [-0.39, 0.29) is 12.1 Å². The number of aryl methyl sites for hydroxylation is 1. The summed E-state index contributed by atoms with van der Waals surface area (Å²) in [5.74, 6) is -2.01. The molecular weight excluding hydrogens is 282 g/mol. The van der Waals surface area contributed by atoms with E-state index < -0.39 is 11.9 Å². The number of carboxylic acid groups (broad SMARTS) is 2. The number of carboxylic acids is 2. The van der Waals surface area contributed by atoms with Crippen LogP contribution in [0.3, 0.4) is 0 Å². The average molecular weight is 295 g/mol. The SMILES string of the molecule is O=C(O)CCCn1nnc(C(=O)O)c1Cc1cccs1. The van der Waals surface area contributed by atoms with E-state index in [0.29, 0.717) is 25.1 Å². The van der Waals surface area contributed by atoms with E-state index in [1.165, 1.54) is 16.0 Å². The van der Waals surface area contributed by atoms with E-state index in [4.69, 9.17) is 10.2 Å². The highest BCUT2D eigenvalue weighted by molar-refractivity contribution is 7.09. The number of hydrogen-bond acceptors (Lipinski definition) is 5. The molecule has 0 aliphatic carbocycles. The highest BCUT2D eigenvalue weighted by Gasteiger charge is 2.19. The largest absolute Gasteiger partial charge is 0.481 e. The molecule has 2 rings (SSSR count). The molecular formula is C12H13N3O4S. The second kappa shape index (κ2) is 6.29. The monoisotopic (exact) mass is 295 g/mol. The Bertz CT molecular complexity index is 606. The third-order valence-electron chi connectivity index (χ3n) is 2.72. The van der Waals surface area contributed by atoms with E-state index in [2.05, 4.69) is 10.3 Å². The Morgan fingerprint density at radius 1 is 1.35 bits per heavy atom. The van der Waals surface area contributed by atoms with Gasteiger partial charge in [0.05, 0.1) is 5.69 Å². The molecule has 106 valence electrons. The maximum Gasteiger partial charge on any atom is 0.358 e. The van der Waals surface area contributed by atoms with Crippen molar-refractivity contribution in [2.75, 3.05) is 0 Å². The Balaban J connectivity index is 2.18. The van der Waals surface area contributed by atoms with Gasteiger partial charge < -0.3 is 10.2 Å². The zero-order chi connectivity index (χ0) is 14.5. The van der Waals surface area contributed by atoms with E-state index in [1.54, 1.807) is 0 Å². The zero-order valence-electron chi connectivity index (χ0n) is 10.5. The first-order valence-electron chi connectivity index (χ1n) is 5.97. The van der Waals surface area contributed by atoms with Crippen molar-refractivity contribution in [1.82, 2.24) is 15.0 Å². The number of aromatic nitrogens is 3. The number of aromatic carboxylic acids is 1. The predicted molar refractivity (Wildman–Crippen MR) is 71.0 cm³/mol. The standard InChI is InChI=1S/C12H13N3O4S/c16-10(17)4-1-5-15-9(7-8-3-2-6-20-8)11(12(18)19)13-14-15/h2-3,6H,1,4-5,7H2,(H,16,17)(H,18,19). The first kappa shape index (κ1) is 14.2. The van der Waals surface area contributed by atoms with Gasteiger partial charge in [-0.2, -0.15) is 0 Å². The van der Waals surface area contributed by atoms with Crippen molar-refractivity contribution in [2.24, 2.45) is 0 Å². The molecule has 8 heteroatoms. The second-order valence-corrected chi connectivity index (χ2v) is 5.20. The molecule has 0 amide bonds. The molecule has 2 N–H and O–H groups in total. The van der Waals surface area contributed by atoms with Crippen LogP contribution in [0.5, 0.6) is 0 Å². The minimum Gasteiger partial charge on any atom is -0.481 e. The molecule has 0 radical (unpaired) electrons. The molecule has 0 fully saturated rings. The second-order valence-electron chi connectivity index (χ2n) is 4.17. The number of aliphatic carboxylic acids is 1. The minimum atomic E-state index is -1.12. The van der Waals surface area contributed by atoms with Gasteiger partial charge in [-0.25, -0.2) is 9.48 Å². The summed E-state index contributed by atoms with van der Waals surface area (Å²) in [6.45, 7) is 0.341. The van der Waals surface area contributed by atoms with E-state index in [9.17, 15) is 9.59 Å². The lowest BCUT2D eigenvalue weighted by Gasteiger charge is -2.05. The minimum absolute atomic E-state index is 0.0146. The lowest BCUT2D eigenvalue weighted by atomic mass is 10.2. The Morgan fingerprint density at radius 3 is 2.75 bits per heavy atom. The molecule has 20 heavy (non-hydrogen) atoms. The lowest BCUT2D eigenvalue weighted by molar-refractivity contribution is -0.137. The van der Waals surface area contributed by atoms with Gasteiger partial charge in [-0.05, 0) is 17.9 Å². The fourth-order valence-corrected chi connectivity index (χ4v) is 2.52. The first-order valence-corrected chi connectivity index (χ1v) is 6.85. The van der Waals surface area contributed by atoms with Crippen molar-refractivity contribution in [1.29, 1.82) is 0 Å². The molecule has 0 spiro atoms. The molecule has 0 bridgehead atoms. The Labute approximate surface area is 118 Å². The van der Waals surface area contributed by atoms with Gasteiger partial charge in [0.2, 0.25) is 0 Å². The quantitative estimate of drug-likeness (QED) is 0.801. The number of rotatable bonds is 7. The van der Waals surface area contributed by atoms with Crippen molar-refractivity contribution >= 4 is 23.3 Å². The zero-order valence-corrected chi connectivity index (χ0v) is 11.3. The first-order chi connectivity index (χ1) is 9.58. The van der Waals surface area contributed by atoms with Crippen LogP contribution in [-0.4, -0.2) is 37.1 Å².